The SMILES string of the molecule is CC(Cc1ccc(Br)cc1)NCCCNC(=O)OC(C)(C)C. The summed E-state index contributed by atoms with van der Waals surface area (Å²) < 4.78 is 6.28. The van der Waals surface area contributed by atoms with Gasteiger partial charge in [-0.05, 0) is 64.8 Å². The number of hydrogen-bond acceptors (Lipinski definition) is 3. The molecule has 0 saturated heterocycles. The summed E-state index contributed by atoms with van der Waals surface area (Å²) in [5.41, 5.74) is 0.872. The van der Waals surface area contributed by atoms with Gasteiger partial charge in [-0.3, -0.25) is 0 Å². The highest BCUT2D eigenvalue weighted by Gasteiger charge is 2.15. The first-order valence-corrected chi connectivity index (χ1v) is 8.50. The lowest BCUT2D eigenvalue weighted by molar-refractivity contribution is 0.0527. The van der Waals surface area contributed by atoms with E-state index in [2.05, 4.69) is 57.8 Å². The maximum atomic E-state index is 11.5. The number of carbonyl (C=O) groups excluding carboxylic acids is 1. The standard InChI is InChI=1S/C17H27BrN2O2/c1-13(12-14-6-8-15(18)9-7-14)19-10-5-11-20-16(21)22-17(2,3)4/h6-9,13,19H,5,10-12H2,1-4H3,(H,20,21). The Morgan fingerprint density at radius 1 is 1.23 bits per heavy atom. The highest BCUT2D eigenvalue weighted by molar-refractivity contribution is 9.10. The molecule has 0 aromatic heterocycles. The van der Waals surface area contributed by atoms with E-state index in [0.29, 0.717) is 12.6 Å². The predicted molar refractivity (Wildman–Crippen MR) is 94.2 cm³/mol. The van der Waals surface area contributed by atoms with E-state index in [1.165, 1.54) is 5.56 Å². The second-order valence-electron chi connectivity index (χ2n) is 6.47. The molecular formula is C17H27BrN2O2. The zero-order valence-corrected chi connectivity index (χ0v) is 15.5. The van der Waals surface area contributed by atoms with Crippen molar-refractivity contribution in [2.75, 3.05) is 13.1 Å². The maximum absolute atomic E-state index is 11.5. The Hall–Kier alpha value is -1.07. The first-order chi connectivity index (χ1) is 10.3. The van der Waals surface area contributed by atoms with Gasteiger partial charge in [0.05, 0.1) is 0 Å². The van der Waals surface area contributed by atoms with E-state index in [-0.39, 0.29) is 6.09 Å². The van der Waals surface area contributed by atoms with Crippen LogP contribution in [0.2, 0.25) is 0 Å². The van der Waals surface area contributed by atoms with Gasteiger partial charge in [0.15, 0.2) is 0 Å². The summed E-state index contributed by atoms with van der Waals surface area (Å²) >= 11 is 3.44. The fourth-order valence-electron chi connectivity index (χ4n) is 1.99. The number of alkyl carbamates (subject to hydrolysis) is 1. The number of ether oxygens (including phenoxy) is 1. The molecule has 0 saturated carbocycles. The van der Waals surface area contributed by atoms with Crippen LogP contribution in [0.3, 0.4) is 0 Å². The molecule has 0 heterocycles. The summed E-state index contributed by atoms with van der Waals surface area (Å²) in [4.78, 5) is 11.5. The monoisotopic (exact) mass is 370 g/mol. The van der Waals surface area contributed by atoms with Crippen molar-refractivity contribution in [3.05, 3.63) is 34.3 Å². The third-order valence-corrected chi connectivity index (χ3v) is 3.50. The van der Waals surface area contributed by atoms with Gasteiger partial charge in [0, 0.05) is 17.1 Å². The largest absolute Gasteiger partial charge is 0.444 e. The van der Waals surface area contributed by atoms with E-state index in [0.717, 1.165) is 23.9 Å². The van der Waals surface area contributed by atoms with Gasteiger partial charge in [0.2, 0.25) is 0 Å². The average molecular weight is 371 g/mol. The quantitative estimate of drug-likeness (QED) is 0.715. The van der Waals surface area contributed by atoms with Crippen molar-refractivity contribution < 1.29 is 9.53 Å². The normalized spacial score (nSPS) is 12.8. The Labute approximate surface area is 142 Å². The summed E-state index contributed by atoms with van der Waals surface area (Å²) in [6.07, 6.45) is 1.52. The van der Waals surface area contributed by atoms with E-state index in [1.807, 2.05) is 20.8 Å². The van der Waals surface area contributed by atoms with Gasteiger partial charge >= 0.3 is 6.09 Å². The summed E-state index contributed by atoms with van der Waals surface area (Å²) in [6.45, 7) is 9.23. The topological polar surface area (TPSA) is 50.4 Å². The Morgan fingerprint density at radius 2 is 1.86 bits per heavy atom. The highest BCUT2D eigenvalue weighted by atomic mass is 79.9. The molecule has 0 aliphatic carbocycles. The Bertz CT molecular complexity index is 455. The number of benzene rings is 1. The van der Waals surface area contributed by atoms with E-state index in [9.17, 15) is 4.79 Å². The van der Waals surface area contributed by atoms with Crippen LogP contribution in [-0.2, 0) is 11.2 Å². The number of hydrogen-bond donors (Lipinski definition) is 2. The zero-order chi connectivity index (χ0) is 16.6. The molecule has 4 nitrogen and oxygen atoms in total. The molecule has 2 N–H and O–H groups in total. The lowest BCUT2D eigenvalue weighted by atomic mass is 10.1. The van der Waals surface area contributed by atoms with Gasteiger partial charge in [-0.1, -0.05) is 28.1 Å². The molecule has 5 heteroatoms. The van der Waals surface area contributed by atoms with E-state index < -0.39 is 5.60 Å². The predicted octanol–water partition coefficient (Wildman–Crippen LogP) is 3.88. The van der Waals surface area contributed by atoms with Crippen LogP contribution < -0.4 is 10.6 Å². The van der Waals surface area contributed by atoms with E-state index in [4.69, 9.17) is 4.74 Å². The summed E-state index contributed by atoms with van der Waals surface area (Å²) in [5.74, 6) is 0. The van der Waals surface area contributed by atoms with Crippen molar-refractivity contribution in [3.8, 4) is 0 Å². The molecule has 124 valence electrons. The van der Waals surface area contributed by atoms with Crippen LogP contribution in [0.15, 0.2) is 28.7 Å². The minimum atomic E-state index is -0.443. The molecule has 1 aromatic carbocycles. The van der Waals surface area contributed by atoms with E-state index in [1.54, 1.807) is 0 Å². The zero-order valence-electron chi connectivity index (χ0n) is 13.9. The van der Waals surface area contributed by atoms with Crippen LogP contribution in [0.25, 0.3) is 0 Å². The lowest BCUT2D eigenvalue weighted by Crippen LogP contribution is -2.35. The summed E-state index contributed by atoms with van der Waals surface area (Å²) in [5, 5.41) is 6.23. The smallest absolute Gasteiger partial charge is 0.407 e. The summed E-state index contributed by atoms with van der Waals surface area (Å²) in [7, 11) is 0. The molecular weight excluding hydrogens is 344 g/mol. The first kappa shape index (κ1) is 19.0. The fourth-order valence-corrected chi connectivity index (χ4v) is 2.25. The number of carbonyl (C=O) groups is 1. The molecule has 0 aliphatic rings. The van der Waals surface area contributed by atoms with Gasteiger partial charge in [0.1, 0.15) is 5.60 Å². The van der Waals surface area contributed by atoms with Gasteiger partial charge in [-0.15, -0.1) is 0 Å². The Morgan fingerprint density at radius 3 is 2.45 bits per heavy atom. The van der Waals surface area contributed by atoms with Gasteiger partial charge in [-0.2, -0.15) is 0 Å². The second-order valence-corrected chi connectivity index (χ2v) is 7.38. The van der Waals surface area contributed by atoms with Gasteiger partial charge in [-0.25, -0.2) is 4.79 Å². The van der Waals surface area contributed by atoms with Crippen molar-refractivity contribution in [3.63, 3.8) is 0 Å². The number of halogens is 1. The fraction of sp³-hybridized carbons (Fsp3) is 0.588. The van der Waals surface area contributed by atoms with Crippen molar-refractivity contribution in [2.24, 2.45) is 0 Å². The molecule has 1 unspecified atom stereocenters. The molecule has 1 atom stereocenters. The molecule has 1 aromatic rings. The first-order valence-electron chi connectivity index (χ1n) is 7.71. The molecule has 0 fully saturated rings. The minimum absolute atomic E-state index is 0.351. The molecule has 0 radical (unpaired) electrons. The van der Waals surface area contributed by atoms with Crippen LogP contribution >= 0.6 is 15.9 Å². The molecule has 22 heavy (non-hydrogen) atoms. The van der Waals surface area contributed by atoms with Crippen molar-refractivity contribution in [2.45, 2.75) is 52.2 Å². The molecule has 1 amide bonds. The Balaban J connectivity index is 2.11. The van der Waals surface area contributed by atoms with Gasteiger partial charge < -0.3 is 15.4 Å². The molecule has 0 spiro atoms. The van der Waals surface area contributed by atoms with Crippen LogP contribution in [0.5, 0.6) is 0 Å². The van der Waals surface area contributed by atoms with Crippen molar-refractivity contribution in [1.29, 1.82) is 0 Å². The minimum Gasteiger partial charge on any atom is -0.444 e. The average Bonchev–Trinajstić information content (AvgIpc) is 2.39. The van der Waals surface area contributed by atoms with Crippen LogP contribution in [0, 0.1) is 0 Å². The van der Waals surface area contributed by atoms with Crippen molar-refractivity contribution >= 4 is 22.0 Å². The second kappa shape index (κ2) is 9.16. The summed E-state index contributed by atoms with van der Waals surface area (Å²) in [6, 6.07) is 8.79. The third kappa shape index (κ3) is 9.05. The van der Waals surface area contributed by atoms with Crippen molar-refractivity contribution in [1.82, 2.24) is 10.6 Å². The van der Waals surface area contributed by atoms with Gasteiger partial charge in [0.25, 0.3) is 0 Å². The lowest BCUT2D eigenvalue weighted by Gasteiger charge is -2.19. The Kier molecular flexibility index (Phi) is 7.90. The number of amides is 1. The molecule has 0 aliphatic heterocycles. The maximum Gasteiger partial charge on any atom is 0.407 e. The van der Waals surface area contributed by atoms with Crippen LogP contribution in [0.4, 0.5) is 4.79 Å². The molecule has 1 rings (SSSR count). The van der Waals surface area contributed by atoms with Crippen LogP contribution in [0.1, 0.15) is 39.7 Å². The molecule has 0 bridgehead atoms. The number of rotatable bonds is 7. The third-order valence-electron chi connectivity index (χ3n) is 2.97. The van der Waals surface area contributed by atoms with E-state index >= 15 is 0 Å². The highest BCUT2D eigenvalue weighted by Crippen LogP contribution is 2.11. The van der Waals surface area contributed by atoms with Crippen LogP contribution in [-0.4, -0.2) is 30.8 Å². The number of nitrogens with one attached hydrogen (secondary N) is 2.